The number of nitrogens with two attached hydrogens (primary N) is 1. The molecule has 1 aromatic heterocycles. The average molecular weight is 263 g/mol. The third kappa shape index (κ3) is 3.67. The van der Waals surface area contributed by atoms with Gasteiger partial charge in [0.25, 0.3) is 0 Å². The Kier molecular flexibility index (Phi) is 4.93. The molecule has 0 radical (unpaired) electrons. The number of nitrogens with one attached hydrogen (secondary N) is 1. The Morgan fingerprint density at radius 2 is 2.22 bits per heavy atom. The van der Waals surface area contributed by atoms with Crippen LogP contribution in [0.2, 0.25) is 0 Å². The third-order valence-corrected chi connectivity index (χ3v) is 3.85. The molecular weight excluding hydrogens is 242 g/mol. The molecule has 1 aliphatic carbocycles. The van der Waals surface area contributed by atoms with Crippen molar-refractivity contribution in [3.63, 3.8) is 0 Å². The first-order chi connectivity index (χ1) is 8.77. The van der Waals surface area contributed by atoms with Crippen molar-refractivity contribution in [2.45, 2.75) is 38.5 Å². The first-order valence-electron chi connectivity index (χ1n) is 6.76. The Bertz CT molecular complexity index is 400. The summed E-state index contributed by atoms with van der Waals surface area (Å²) in [6.07, 6.45) is 9.96. The highest BCUT2D eigenvalue weighted by atomic mass is 32.1. The Morgan fingerprint density at radius 3 is 2.94 bits per heavy atom. The molecule has 0 unspecified atom stereocenters. The second-order valence-corrected chi connectivity index (χ2v) is 5.42. The number of pyridine rings is 1. The monoisotopic (exact) mass is 263 g/mol. The molecule has 1 saturated carbocycles. The van der Waals surface area contributed by atoms with Crippen LogP contribution in [0.1, 0.15) is 44.1 Å². The second-order valence-electron chi connectivity index (χ2n) is 4.98. The van der Waals surface area contributed by atoms with Crippen LogP contribution in [0.15, 0.2) is 18.3 Å². The third-order valence-electron chi connectivity index (χ3n) is 3.63. The maximum Gasteiger partial charge on any atom is 0.136 e. The van der Waals surface area contributed by atoms with Crippen molar-refractivity contribution in [1.29, 1.82) is 0 Å². The topological polar surface area (TPSA) is 50.9 Å². The van der Waals surface area contributed by atoms with Crippen LogP contribution >= 0.6 is 12.2 Å². The minimum atomic E-state index is 0.404. The van der Waals surface area contributed by atoms with Crippen LogP contribution in [0.4, 0.5) is 5.82 Å². The van der Waals surface area contributed by atoms with E-state index in [1.54, 1.807) is 6.20 Å². The van der Waals surface area contributed by atoms with Crippen LogP contribution in [0.3, 0.4) is 0 Å². The predicted octanol–water partition coefficient (Wildman–Crippen LogP) is 3.10. The first kappa shape index (κ1) is 13.3. The molecule has 1 heterocycles. The Balaban J connectivity index is 1.77. The lowest BCUT2D eigenvalue weighted by molar-refractivity contribution is 0.491. The van der Waals surface area contributed by atoms with Gasteiger partial charge < -0.3 is 11.1 Å². The maximum atomic E-state index is 5.67. The largest absolute Gasteiger partial charge is 0.389 e. The molecule has 0 saturated heterocycles. The van der Waals surface area contributed by atoms with E-state index in [-0.39, 0.29) is 0 Å². The number of rotatable bonds is 6. The number of nitrogens with zero attached hydrogens (tertiary/aromatic N) is 1. The van der Waals surface area contributed by atoms with Crippen LogP contribution in [0, 0.1) is 5.92 Å². The van der Waals surface area contributed by atoms with Crippen LogP contribution < -0.4 is 11.1 Å². The quantitative estimate of drug-likeness (QED) is 0.611. The second kappa shape index (κ2) is 6.69. The Morgan fingerprint density at radius 1 is 1.44 bits per heavy atom. The Hall–Kier alpha value is -1.16. The van der Waals surface area contributed by atoms with Crippen molar-refractivity contribution in [2.75, 3.05) is 11.9 Å². The summed E-state index contributed by atoms with van der Waals surface area (Å²) < 4.78 is 0. The van der Waals surface area contributed by atoms with Gasteiger partial charge in [-0.05, 0) is 30.9 Å². The van der Waals surface area contributed by atoms with Gasteiger partial charge in [-0.2, -0.15) is 0 Å². The van der Waals surface area contributed by atoms with Gasteiger partial charge >= 0.3 is 0 Å². The smallest absolute Gasteiger partial charge is 0.136 e. The lowest BCUT2D eigenvalue weighted by Crippen LogP contribution is -2.15. The number of hydrogen-bond donors (Lipinski definition) is 2. The van der Waals surface area contributed by atoms with Gasteiger partial charge in [-0.15, -0.1) is 0 Å². The van der Waals surface area contributed by atoms with Gasteiger partial charge in [-0.3, -0.25) is 0 Å². The molecule has 1 fully saturated rings. The molecule has 18 heavy (non-hydrogen) atoms. The fourth-order valence-electron chi connectivity index (χ4n) is 2.64. The SMILES string of the molecule is NC(=S)c1cccnc1NCCCC1CCCC1. The molecule has 1 aromatic rings. The van der Waals surface area contributed by atoms with E-state index in [9.17, 15) is 0 Å². The van der Waals surface area contributed by atoms with E-state index < -0.39 is 0 Å². The van der Waals surface area contributed by atoms with Crippen molar-refractivity contribution in [2.24, 2.45) is 11.7 Å². The van der Waals surface area contributed by atoms with Gasteiger partial charge in [0, 0.05) is 12.7 Å². The van der Waals surface area contributed by atoms with Crippen LogP contribution in [-0.2, 0) is 0 Å². The highest BCUT2D eigenvalue weighted by Gasteiger charge is 2.14. The molecule has 0 atom stereocenters. The highest BCUT2D eigenvalue weighted by molar-refractivity contribution is 7.80. The fourth-order valence-corrected chi connectivity index (χ4v) is 2.81. The molecule has 1 aliphatic rings. The van der Waals surface area contributed by atoms with Gasteiger partial charge in [0.1, 0.15) is 10.8 Å². The molecule has 3 N–H and O–H groups in total. The van der Waals surface area contributed by atoms with Gasteiger partial charge in [0.05, 0.1) is 5.56 Å². The lowest BCUT2D eigenvalue weighted by atomic mass is 10.0. The van der Waals surface area contributed by atoms with Crippen LogP contribution in [0.5, 0.6) is 0 Å². The van der Waals surface area contributed by atoms with E-state index in [4.69, 9.17) is 18.0 Å². The molecule has 0 aliphatic heterocycles. The molecule has 0 spiro atoms. The minimum absolute atomic E-state index is 0.404. The van der Waals surface area contributed by atoms with Crippen molar-refractivity contribution in [3.05, 3.63) is 23.9 Å². The fraction of sp³-hybridized carbons (Fsp3) is 0.571. The molecule has 0 aromatic carbocycles. The summed E-state index contributed by atoms with van der Waals surface area (Å²) in [5.74, 6) is 1.77. The molecule has 0 bridgehead atoms. The van der Waals surface area contributed by atoms with Crippen LogP contribution in [0.25, 0.3) is 0 Å². The van der Waals surface area contributed by atoms with Crippen molar-refractivity contribution in [3.8, 4) is 0 Å². The summed E-state index contributed by atoms with van der Waals surface area (Å²) in [4.78, 5) is 4.69. The molecular formula is C14H21N3S. The Labute approximate surface area is 114 Å². The van der Waals surface area contributed by atoms with E-state index in [2.05, 4.69) is 10.3 Å². The summed E-state index contributed by atoms with van der Waals surface area (Å²) in [7, 11) is 0. The van der Waals surface area contributed by atoms with Crippen molar-refractivity contribution >= 4 is 23.0 Å². The number of thiocarbonyl (C=S) groups is 1. The standard InChI is InChI=1S/C14H21N3S/c15-13(18)12-8-4-10-17-14(12)16-9-3-7-11-5-1-2-6-11/h4,8,10-11H,1-3,5-7,9H2,(H2,15,18)(H,16,17). The average Bonchev–Trinajstić information content (AvgIpc) is 2.88. The molecule has 0 amide bonds. The summed E-state index contributed by atoms with van der Waals surface area (Å²) in [6.45, 7) is 0.948. The molecule has 4 heteroatoms. The van der Waals surface area contributed by atoms with Gasteiger partial charge in [0.15, 0.2) is 0 Å². The van der Waals surface area contributed by atoms with E-state index in [0.717, 1.165) is 23.8 Å². The van der Waals surface area contributed by atoms with E-state index >= 15 is 0 Å². The predicted molar refractivity (Wildman–Crippen MR) is 79.8 cm³/mol. The van der Waals surface area contributed by atoms with E-state index in [1.165, 1.54) is 38.5 Å². The summed E-state index contributed by atoms with van der Waals surface area (Å²) >= 11 is 5.01. The first-order valence-corrected chi connectivity index (χ1v) is 7.17. The van der Waals surface area contributed by atoms with E-state index in [1.807, 2.05) is 12.1 Å². The molecule has 98 valence electrons. The number of aromatic nitrogens is 1. The zero-order valence-electron chi connectivity index (χ0n) is 10.7. The van der Waals surface area contributed by atoms with Crippen molar-refractivity contribution in [1.82, 2.24) is 4.98 Å². The van der Waals surface area contributed by atoms with Crippen LogP contribution in [-0.4, -0.2) is 16.5 Å². The normalized spacial score (nSPS) is 15.8. The van der Waals surface area contributed by atoms with Crippen molar-refractivity contribution < 1.29 is 0 Å². The number of anilines is 1. The van der Waals surface area contributed by atoms with Gasteiger partial charge in [-0.1, -0.05) is 37.9 Å². The zero-order chi connectivity index (χ0) is 12.8. The zero-order valence-corrected chi connectivity index (χ0v) is 11.5. The van der Waals surface area contributed by atoms with Gasteiger partial charge in [-0.25, -0.2) is 4.98 Å². The summed E-state index contributed by atoms with van der Waals surface area (Å²) in [5.41, 5.74) is 6.51. The van der Waals surface area contributed by atoms with Gasteiger partial charge in [0.2, 0.25) is 0 Å². The lowest BCUT2D eigenvalue weighted by Gasteiger charge is -2.11. The van der Waals surface area contributed by atoms with E-state index in [0.29, 0.717) is 4.99 Å². The highest BCUT2D eigenvalue weighted by Crippen LogP contribution is 2.28. The molecule has 3 nitrogen and oxygen atoms in total. The maximum absolute atomic E-state index is 5.67. The molecule has 2 rings (SSSR count). The summed E-state index contributed by atoms with van der Waals surface area (Å²) in [5, 5.41) is 3.34. The number of hydrogen-bond acceptors (Lipinski definition) is 3. The summed E-state index contributed by atoms with van der Waals surface area (Å²) in [6, 6.07) is 3.77. The minimum Gasteiger partial charge on any atom is -0.389 e.